The highest BCUT2D eigenvalue weighted by Gasteiger charge is 2.06. The highest BCUT2D eigenvalue weighted by atomic mass is 32.1. The van der Waals surface area contributed by atoms with Crippen molar-refractivity contribution < 1.29 is 9.21 Å². The van der Waals surface area contributed by atoms with Crippen molar-refractivity contribution in [2.75, 3.05) is 0 Å². The normalized spacial score (nSPS) is 11.3. The van der Waals surface area contributed by atoms with Crippen molar-refractivity contribution in [1.29, 1.82) is 0 Å². The summed E-state index contributed by atoms with van der Waals surface area (Å²) >= 11 is 5.00. The second-order valence-corrected chi connectivity index (χ2v) is 4.90. The van der Waals surface area contributed by atoms with Crippen molar-refractivity contribution in [2.45, 2.75) is 6.92 Å². The van der Waals surface area contributed by atoms with E-state index in [1.54, 1.807) is 24.3 Å². The highest BCUT2D eigenvalue weighted by molar-refractivity contribution is 7.71. The predicted octanol–water partition coefficient (Wildman–Crippen LogP) is 2.89. The molecule has 3 rings (SSSR count). The molecular weight excluding hydrogens is 288 g/mol. The van der Waals surface area contributed by atoms with Crippen LogP contribution in [0.2, 0.25) is 0 Å². The van der Waals surface area contributed by atoms with E-state index in [1.807, 2.05) is 13.0 Å². The Labute approximate surface area is 124 Å². The van der Waals surface area contributed by atoms with Crippen LogP contribution in [0, 0.1) is 11.7 Å². The molecule has 0 aliphatic carbocycles. The lowest BCUT2D eigenvalue weighted by Gasteiger charge is -1.99. The molecule has 1 amide bonds. The molecule has 3 N–H and O–H groups in total. The summed E-state index contributed by atoms with van der Waals surface area (Å²) in [5, 5.41) is 3.86. The van der Waals surface area contributed by atoms with Gasteiger partial charge in [-0.25, -0.2) is 5.43 Å². The van der Waals surface area contributed by atoms with E-state index in [0.717, 1.165) is 16.8 Å². The molecule has 1 aromatic carbocycles. The van der Waals surface area contributed by atoms with Crippen molar-refractivity contribution in [3.8, 4) is 0 Å². The summed E-state index contributed by atoms with van der Waals surface area (Å²) in [5.41, 5.74) is 4.56. The molecule has 0 radical (unpaired) electrons. The van der Waals surface area contributed by atoms with Crippen LogP contribution in [0.3, 0.4) is 0 Å². The first-order chi connectivity index (χ1) is 10.1. The number of H-pyrrole nitrogens is 2. The van der Waals surface area contributed by atoms with E-state index in [1.165, 1.54) is 6.21 Å². The molecule has 0 spiro atoms. The molecule has 0 aliphatic rings. The van der Waals surface area contributed by atoms with Gasteiger partial charge in [-0.2, -0.15) is 5.10 Å². The van der Waals surface area contributed by atoms with Crippen molar-refractivity contribution in [2.24, 2.45) is 5.10 Å². The zero-order chi connectivity index (χ0) is 14.8. The summed E-state index contributed by atoms with van der Waals surface area (Å²) in [4.78, 5) is 17.9. The van der Waals surface area contributed by atoms with Crippen LogP contribution in [0.25, 0.3) is 11.0 Å². The van der Waals surface area contributed by atoms with E-state index in [9.17, 15) is 4.79 Å². The van der Waals surface area contributed by atoms with Crippen LogP contribution < -0.4 is 5.43 Å². The van der Waals surface area contributed by atoms with Gasteiger partial charge in [-0.05, 0) is 49.5 Å². The van der Waals surface area contributed by atoms with E-state index in [0.29, 0.717) is 16.1 Å². The summed E-state index contributed by atoms with van der Waals surface area (Å²) in [6.45, 7) is 1.84. The number of hydrazone groups is 1. The van der Waals surface area contributed by atoms with E-state index < -0.39 is 0 Å². The molecule has 7 heteroatoms. The number of nitrogens with one attached hydrogen (secondary N) is 3. The van der Waals surface area contributed by atoms with Gasteiger partial charge in [-0.1, -0.05) is 0 Å². The molecule has 2 aromatic heterocycles. The number of fused-ring (bicyclic) bond motifs is 1. The standard InChI is InChI=1S/C14H12N4O2S/c1-8-2-4-10(20-8)7-15-18-13(19)9-3-5-11-12(6-9)17-14(21)16-11/h2-7H,1H3,(H,18,19)(H2,16,17,21)/b15-7-. The van der Waals surface area contributed by atoms with Gasteiger partial charge in [0.05, 0.1) is 17.2 Å². The van der Waals surface area contributed by atoms with Crippen LogP contribution in [-0.2, 0) is 0 Å². The van der Waals surface area contributed by atoms with E-state index in [2.05, 4.69) is 20.5 Å². The number of carbonyl (C=O) groups excluding carboxylic acids is 1. The van der Waals surface area contributed by atoms with Crippen LogP contribution in [0.4, 0.5) is 0 Å². The average molecular weight is 300 g/mol. The monoisotopic (exact) mass is 300 g/mol. The first kappa shape index (κ1) is 13.3. The van der Waals surface area contributed by atoms with Gasteiger partial charge >= 0.3 is 0 Å². The van der Waals surface area contributed by atoms with Gasteiger partial charge < -0.3 is 14.4 Å². The van der Waals surface area contributed by atoms with Gasteiger partial charge in [0, 0.05) is 5.56 Å². The minimum absolute atomic E-state index is 0.308. The van der Waals surface area contributed by atoms with Crippen molar-refractivity contribution in [3.63, 3.8) is 0 Å². The van der Waals surface area contributed by atoms with E-state index >= 15 is 0 Å². The van der Waals surface area contributed by atoms with E-state index in [4.69, 9.17) is 16.6 Å². The summed E-state index contributed by atoms with van der Waals surface area (Å²) < 4.78 is 5.83. The SMILES string of the molecule is Cc1ccc(/C=N\NC(=O)c2ccc3[nH]c(=S)[nH]c3c2)o1. The number of benzene rings is 1. The second kappa shape index (κ2) is 5.37. The minimum atomic E-state index is -0.308. The molecule has 0 saturated heterocycles. The molecular formula is C14H12N4O2S. The Morgan fingerprint density at radius 2 is 2.10 bits per heavy atom. The van der Waals surface area contributed by atoms with Gasteiger partial charge in [-0.3, -0.25) is 4.79 Å². The molecule has 21 heavy (non-hydrogen) atoms. The first-order valence-corrected chi connectivity index (χ1v) is 6.64. The number of rotatable bonds is 3. The average Bonchev–Trinajstić information content (AvgIpc) is 3.02. The number of imidazole rings is 1. The third-order valence-electron chi connectivity index (χ3n) is 2.90. The van der Waals surface area contributed by atoms with Gasteiger partial charge in [0.15, 0.2) is 4.77 Å². The third-order valence-corrected chi connectivity index (χ3v) is 3.10. The maximum Gasteiger partial charge on any atom is 0.271 e. The Balaban J connectivity index is 1.74. The Morgan fingerprint density at radius 3 is 2.86 bits per heavy atom. The zero-order valence-corrected chi connectivity index (χ0v) is 12.0. The number of carbonyl (C=O) groups is 1. The second-order valence-electron chi connectivity index (χ2n) is 4.49. The third kappa shape index (κ3) is 2.92. The minimum Gasteiger partial charge on any atom is -0.460 e. The maximum atomic E-state index is 12.0. The van der Waals surface area contributed by atoms with Crippen molar-refractivity contribution in [3.05, 3.63) is 52.2 Å². The Morgan fingerprint density at radius 1 is 1.29 bits per heavy atom. The molecule has 0 atom stereocenters. The number of aromatic amines is 2. The van der Waals surface area contributed by atoms with Crippen LogP contribution in [0.1, 0.15) is 21.9 Å². The number of nitrogens with zero attached hydrogens (tertiary/aromatic N) is 1. The molecule has 106 valence electrons. The zero-order valence-electron chi connectivity index (χ0n) is 11.1. The van der Waals surface area contributed by atoms with Crippen LogP contribution in [0.5, 0.6) is 0 Å². The predicted molar refractivity (Wildman–Crippen MR) is 82.0 cm³/mol. The molecule has 0 saturated carbocycles. The fourth-order valence-corrected chi connectivity index (χ4v) is 2.14. The van der Waals surface area contributed by atoms with Gasteiger partial charge in [0.1, 0.15) is 11.5 Å². The highest BCUT2D eigenvalue weighted by Crippen LogP contribution is 2.12. The lowest BCUT2D eigenvalue weighted by molar-refractivity contribution is 0.0955. The molecule has 3 aromatic rings. The molecule has 0 fully saturated rings. The van der Waals surface area contributed by atoms with Gasteiger partial charge in [0.2, 0.25) is 0 Å². The quantitative estimate of drug-likeness (QED) is 0.395. The fraction of sp³-hybridized carbons (Fsp3) is 0.0714. The van der Waals surface area contributed by atoms with E-state index in [-0.39, 0.29) is 5.91 Å². The van der Waals surface area contributed by atoms with Crippen LogP contribution >= 0.6 is 12.2 Å². The summed E-state index contributed by atoms with van der Waals surface area (Å²) in [7, 11) is 0. The van der Waals surface area contributed by atoms with Crippen molar-refractivity contribution >= 4 is 35.4 Å². The molecule has 0 bridgehead atoms. The van der Waals surface area contributed by atoms with Crippen LogP contribution in [0.15, 0.2) is 39.9 Å². The molecule has 0 unspecified atom stereocenters. The first-order valence-electron chi connectivity index (χ1n) is 6.24. The molecule has 0 aliphatic heterocycles. The number of hydrogen-bond acceptors (Lipinski definition) is 4. The number of hydrogen-bond donors (Lipinski definition) is 3. The fourth-order valence-electron chi connectivity index (χ4n) is 1.92. The molecule has 2 heterocycles. The summed E-state index contributed by atoms with van der Waals surface area (Å²) in [6, 6.07) is 8.80. The summed E-state index contributed by atoms with van der Waals surface area (Å²) in [5.74, 6) is 1.06. The van der Waals surface area contributed by atoms with Crippen molar-refractivity contribution in [1.82, 2.24) is 15.4 Å². The Kier molecular flexibility index (Phi) is 3.41. The lowest BCUT2D eigenvalue weighted by atomic mass is 10.2. The lowest BCUT2D eigenvalue weighted by Crippen LogP contribution is -2.17. The van der Waals surface area contributed by atoms with Crippen LogP contribution in [-0.4, -0.2) is 22.1 Å². The Bertz CT molecular complexity index is 888. The topological polar surface area (TPSA) is 86.2 Å². The van der Waals surface area contributed by atoms with Gasteiger partial charge in [0.25, 0.3) is 5.91 Å². The number of aromatic nitrogens is 2. The molecule has 6 nitrogen and oxygen atoms in total. The summed E-state index contributed by atoms with van der Waals surface area (Å²) in [6.07, 6.45) is 1.45. The smallest absolute Gasteiger partial charge is 0.271 e. The number of furan rings is 1. The largest absolute Gasteiger partial charge is 0.460 e. The number of aryl methyl sites for hydroxylation is 1. The maximum absolute atomic E-state index is 12.0. The Hall–Kier alpha value is -2.67. The van der Waals surface area contributed by atoms with Gasteiger partial charge in [-0.15, -0.1) is 0 Å². The number of amides is 1.